The van der Waals surface area contributed by atoms with Crippen molar-refractivity contribution in [3.05, 3.63) is 22.4 Å². The van der Waals surface area contributed by atoms with Gasteiger partial charge in [-0.1, -0.05) is 0 Å². The molecule has 0 aliphatic carbocycles. The van der Waals surface area contributed by atoms with Crippen molar-refractivity contribution in [1.29, 1.82) is 0 Å². The Bertz CT molecular complexity index is 326. The van der Waals surface area contributed by atoms with E-state index in [1.807, 2.05) is 10.8 Å². The molecule has 1 aliphatic heterocycles. The maximum absolute atomic E-state index is 11.6. The number of aliphatic hydroxyl groups excluding tert-OH is 1. The normalized spacial score (nSPS) is 25.4. The van der Waals surface area contributed by atoms with E-state index >= 15 is 0 Å². The summed E-state index contributed by atoms with van der Waals surface area (Å²) in [5, 5.41) is 19.1. The van der Waals surface area contributed by atoms with Crippen molar-refractivity contribution in [3.63, 3.8) is 0 Å². The number of β-amino-alcohol motifs (C(OH)–C–C–N with tert-alkyl or cyclic N) is 1. The Morgan fingerprint density at radius 2 is 2.53 bits per heavy atom. The predicted octanol–water partition coefficient (Wildman–Crippen LogP) is 0.0582. The molecule has 3 N–H and O–H groups in total. The summed E-state index contributed by atoms with van der Waals surface area (Å²) in [7, 11) is 0. The average Bonchev–Trinajstić information content (AvgIpc) is 2.85. The van der Waals surface area contributed by atoms with E-state index in [1.54, 1.807) is 6.07 Å². The second-order valence-corrected chi connectivity index (χ2v) is 4.49. The van der Waals surface area contributed by atoms with Crippen LogP contribution in [0.4, 0.5) is 0 Å². The molecule has 1 amide bonds. The molecule has 15 heavy (non-hydrogen) atoms. The van der Waals surface area contributed by atoms with Crippen molar-refractivity contribution in [2.45, 2.75) is 6.10 Å². The van der Waals surface area contributed by atoms with Gasteiger partial charge in [0.1, 0.15) is 0 Å². The number of carbonyl (C=O) groups is 1. The minimum Gasteiger partial charge on any atom is -0.391 e. The van der Waals surface area contributed by atoms with Crippen LogP contribution in [0.2, 0.25) is 0 Å². The smallest absolute Gasteiger partial charge is 0.252 e. The maximum atomic E-state index is 11.6. The highest BCUT2D eigenvalue weighted by atomic mass is 32.1. The van der Waals surface area contributed by atoms with E-state index in [9.17, 15) is 9.90 Å². The van der Waals surface area contributed by atoms with Gasteiger partial charge in [-0.15, -0.1) is 0 Å². The van der Waals surface area contributed by atoms with Gasteiger partial charge in [-0.2, -0.15) is 11.3 Å². The highest BCUT2D eigenvalue weighted by Gasteiger charge is 2.25. The molecule has 2 heterocycles. The van der Waals surface area contributed by atoms with Crippen molar-refractivity contribution < 1.29 is 9.90 Å². The van der Waals surface area contributed by atoms with Gasteiger partial charge in [0, 0.05) is 36.5 Å². The van der Waals surface area contributed by atoms with Crippen molar-refractivity contribution in [3.8, 4) is 0 Å². The molecule has 2 atom stereocenters. The first-order valence-electron chi connectivity index (χ1n) is 4.96. The minimum atomic E-state index is -0.340. The van der Waals surface area contributed by atoms with E-state index < -0.39 is 0 Å². The Morgan fingerprint density at radius 3 is 3.13 bits per heavy atom. The Labute approximate surface area is 92.3 Å². The number of hydrogen-bond donors (Lipinski definition) is 3. The number of nitrogens with one attached hydrogen (secondary N) is 2. The van der Waals surface area contributed by atoms with Crippen LogP contribution in [0.25, 0.3) is 0 Å². The van der Waals surface area contributed by atoms with Gasteiger partial charge in [0.05, 0.1) is 6.10 Å². The van der Waals surface area contributed by atoms with Gasteiger partial charge in [0.15, 0.2) is 0 Å². The third-order valence-electron chi connectivity index (χ3n) is 2.61. The summed E-state index contributed by atoms with van der Waals surface area (Å²) in [4.78, 5) is 11.6. The monoisotopic (exact) mass is 226 g/mol. The number of thiophene rings is 1. The summed E-state index contributed by atoms with van der Waals surface area (Å²) in [6, 6.07) is 1.79. The Morgan fingerprint density at radius 1 is 1.67 bits per heavy atom. The summed E-state index contributed by atoms with van der Waals surface area (Å²) in [6.07, 6.45) is -0.340. The molecule has 1 saturated heterocycles. The quantitative estimate of drug-likeness (QED) is 0.683. The van der Waals surface area contributed by atoms with Crippen LogP contribution in [-0.4, -0.2) is 36.8 Å². The van der Waals surface area contributed by atoms with Crippen LogP contribution < -0.4 is 10.6 Å². The van der Waals surface area contributed by atoms with Gasteiger partial charge in [-0.05, 0) is 11.4 Å². The fraction of sp³-hybridized carbons (Fsp3) is 0.500. The second kappa shape index (κ2) is 4.74. The Hall–Kier alpha value is -0.910. The van der Waals surface area contributed by atoms with E-state index in [1.165, 1.54) is 11.3 Å². The highest BCUT2D eigenvalue weighted by molar-refractivity contribution is 7.08. The largest absolute Gasteiger partial charge is 0.391 e. The van der Waals surface area contributed by atoms with Gasteiger partial charge in [-0.3, -0.25) is 4.79 Å². The maximum Gasteiger partial charge on any atom is 0.252 e. The van der Waals surface area contributed by atoms with Gasteiger partial charge >= 0.3 is 0 Å². The molecule has 1 aliphatic rings. The second-order valence-electron chi connectivity index (χ2n) is 3.71. The molecule has 1 aromatic heterocycles. The first kappa shape index (κ1) is 10.6. The van der Waals surface area contributed by atoms with Crippen LogP contribution >= 0.6 is 11.3 Å². The molecule has 0 spiro atoms. The van der Waals surface area contributed by atoms with E-state index in [0.717, 1.165) is 6.54 Å². The lowest BCUT2D eigenvalue weighted by molar-refractivity contribution is 0.0927. The van der Waals surface area contributed by atoms with E-state index in [-0.39, 0.29) is 17.9 Å². The first-order chi connectivity index (χ1) is 7.27. The molecule has 82 valence electrons. The van der Waals surface area contributed by atoms with Crippen molar-refractivity contribution in [1.82, 2.24) is 10.6 Å². The SMILES string of the molecule is O=C(NCC1CNCC1O)c1ccsc1. The third-order valence-corrected chi connectivity index (χ3v) is 3.30. The predicted molar refractivity (Wildman–Crippen MR) is 59.0 cm³/mol. The summed E-state index contributed by atoms with van der Waals surface area (Å²) in [5.74, 6) is 0.0722. The number of aliphatic hydroxyl groups is 1. The number of hydrogen-bond acceptors (Lipinski definition) is 4. The summed E-state index contributed by atoms with van der Waals surface area (Å²) < 4.78 is 0. The van der Waals surface area contributed by atoms with E-state index in [2.05, 4.69) is 10.6 Å². The van der Waals surface area contributed by atoms with Crippen molar-refractivity contribution in [2.75, 3.05) is 19.6 Å². The minimum absolute atomic E-state index is 0.0599. The first-order valence-corrected chi connectivity index (χ1v) is 5.91. The fourth-order valence-electron chi connectivity index (χ4n) is 1.65. The zero-order chi connectivity index (χ0) is 10.7. The van der Waals surface area contributed by atoms with E-state index in [4.69, 9.17) is 0 Å². The molecule has 0 bridgehead atoms. The molecule has 0 saturated carbocycles. The van der Waals surface area contributed by atoms with Gasteiger partial charge in [0.25, 0.3) is 5.91 Å². The molecule has 0 radical (unpaired) electrons. The standard InChI is InChI=1S/C10H14N2O2S/c13-9-5-11-3-8(9)4-12-10(14)7-1-2-15-6-7/h1-2,6,8-9,11,13H,3-5H2,(H,12,14). The lowest BCUT2D eigenvalue weighted by Gasteiger charge is -2.13. The van der Waals surface area contributed by atoms with Crippen LogP contribution in [-0.2, 0) is 0 Å². The molecular formula is C10H14N2O2S. The van der Waals surface area contributed by atoms with Gasteiger partial charge in [0.2, 0.25) is 0 Å². The van der Waals surface area contributed by atoms with Gasteiger partial charge < -0.3 is 15.7 Å². The lowest BCUT2D eigenvalue weighted by Crippen LogP contribution is -2.34. The topological polar surface area (TPSA) is 61.4 Å². The van der Waals surface area contributed by atoms with Crippen molar-refractivity contribution in [2.24, 2.45) is 5.92 Å². The molecule has 1 fully saturated rings. The highest BCUT2D eigenvalue weighted by Crippen LogP contribution is 2.09. The number of amides is 1. The zero-order valence-electron chi connectivity index (χ0n) is 8.27. The Balaban J connectivity index is 1.81. The average molecular weight is 226 g/mol. The summed E-state index contributed by atoms with van der Waals surface area (Å²) >= 11 is 1.50. The molecular weight excluding hydrogens is 212 g/mol. The fourth-order valence-corrected chi connectivity index (χ4v) is 2.28. The summed E-state index contributed by atoms with van der Waals surface area (Å²) in [6.45, 7) is 1.92. The summed E-state index contributed by atoms with van der Waals surface area (Å²) in [5.41, 5.74) is 0.695. The van der Waals surface area contributed by atoms with Crippen LogP contribution in [0.15, 0.2) is 16.8 Å². The number of rotatable bonds is 3. The molecule has 5 heteroatoms. The van der Waals surface area contributed by atoms with Crippen LogP contribution in [0.3, 0.4) is 0 Å². The molecule has 1 aromatic rings. The van der Waals surface area contributed by atoms with Crippen LogP contribution in [0, 0.1) is 5.92 Å². The lowest BCUT2D eigenvalue weighted by atomic mass is 10.1. The molecule has 4 nitrogen and oxygen atoms in total. The van der Waals surface area contributed by atoms with Crippen molar-refractivity contribution >= 4 is 17.2 Å². The van der Waals surface area contributed by atoms with E-state index in [0.29, 0.717) is 18.7 Å². The molecule has 0 aromatic carbocycles. The molecule has 2 rings (SSSR count). The molecule has 2 unspecified atom stereocenters. The number of carbonyl (C=O) groups excluding carboxylic acids is 1. The van der Waals surface area contributed by atoms with Crippen LogP contribution in [0.1, 0.15) is 10.4 Å². The third kappa shape index (κ3) is 2.56. The Kier molecular flexibility index (Phi) is 3.35. The zero-order valence-corrected chi connectivity index (χ0v) is 9.09. The van der Waals surface area contributed by atoms with Gasteiger partial charge in [-0.25, -0.2) is 0 Å². The van der Waals surface area contributed by atoms with Crippen LogP contribution in [0.5, 0.6) is 0 Å².